The lowest BCUT2D eigenvalue weighted by atomic mass is 10.1. The molecule has 1 atom stereocenters. The van der Waals surface area contributed by atoms with E-state index < -0.39 is 0 Å². The Kier molecular flexibility index (Phi) is 4.98. The van der Waals surface area contributed by atoms with E-state index in [0.29, 0.717) is 0 Å². The van der Waals surface area contributed by atoms with Crippen molar-refractivity contribution in [3.8, 4) is 11.5 Å². The zero-order valence-corrected chi connectivity index (χ0v) is 13.1. The monoisotopic (exact) mass is 292 g/mol. The molecule has 4 nitrogen and oxygen atoms in total. The van der Waals surface area contributed by atoms with Gasteiger partial charge in [0.05, 0.1) is 19.2 Å². The zero-order chi connectivity index (χ0) is 14.5. The number of ether oxygens (including phenoxy) is 2. The van der Waals surface area contributed by atoms with Crippen molar-refractivity contribution in [1.29, 1.82) is 0 Å². The molecule has 5 heteroatoms. The van der Waals surface area contributed by atoms with Gasteiger partial charge in [-0.3, -0.25) is 0 Å². The number of methoxy groups -OCH3 is 2. The van der Waals surface area contributed by atoms with Gasteiger partial charge in [0.1, 0.15) is 0 Å². The highest BCUT2D eigenvalue weighted by Gasteiger charge is 2.12. The van der Waals surface area contributed by atoms with Crippen LogP contribution in [0.15, 0.2) is 24.4 Å². The van der Waals surface area contributed by atoms with E-state index in [1.165, 1.54) is 4.88 Å². The standard InChI is InChI=1S/C15H20N2O2S/c1-10(14-9-17-11(2)20-14)16-8-12-6-5-7-13(18-3)15(12)19-4/h5-7,9-10,16H,8H2,1-4H3. The van der Waals surface area contributed by atoms with Gasteiger partial charge >= 0.3 is 0 Å². The van der Waals surface area contributed by atoms with Crippen LogP contribution in [0.4, 0.5) is 0 Å². The molecule has 1 unspecified atom stereocenters. The van der Waals surface area contributed by atoms with Crippen molar-refractivity contribution in [3.63, 3.8) is 0 Å². The van der Waals surface area contributed by atoms with Gasteiger partial charge in [-0.05, 0) is 19.9 Å². The molecule has 0 fully saturated rings. The molecule has 20 heavy (non-hydrogen) atoms. The van der Waals surface area contributed by atoms with Crippen LogP contribution in [-0.4, -0.2) is 19.2 Å². The van der Waals surface area contributed by atoms with E-state index in [9.17, 15) is 0 Å². The lowest BCUT2D eigenvalue weighted by Crippen LogP contribution is -2.17. The Balaban J connectivity index is 2.07. The Hall–Kier alpha value is -1.59. The summed E-state index contributed by atoms with van der Waals surface area (Å²) in [5, 5.41) is 4.58. The first-order valence-electron chi connectivity index (χ1n) is 6.51. The minimum absolute atomic E-state index is 0.261. The number of rotatable bonds is 6. The SMILES string of the molecule is COc1cccc(CNC(C)c2cnc(C)s2)c1OC. The summed E-state index contributed by atoms with van der Waals surface area (Å²) in [6.07, 6.45) is 1.93. The summed E-state index contributed by atoms with van der Waals surface area (Å²) >= 11 is 1.72. The summed E-state index contributed by atoms with van der Waals surface area (Å²) in [6.45, 7) is 4.88. The molecule has 108 valence electrons. The van der Waals surface area contributed by atoms with Crippen molar-refractivity contribution in [2.24, 2.45) is 0 Å². The van der Waals surface area contributed by atoms with Crippen LogP contribution in [-0.2, 0) is 6.54 Å². The van der Waals surface area contributed by atoms with Gasteiger partial charge in [-0.25, -0.2) is 4.98 Å². The first-order chi connectivity index (χ1) is 9.65. The van der Waals surface area contributed by atoms with Gasteiger partial charge < -0.3 is 14.8 Å². The fourth-order valence-electron chi connectivity index (χ4n) is 2.03. The minimum atomic E-state index is 0.261. The zero-order valence-electron chi connectivity index (χ0n) is 12.3. The Bertz CT molecular complexity index is 569. The number of nitrogens with one attached hydrogen (secondary N) is 1. The molecule has 0 aliphatic heterocycles. The Morgan fingerprint density at radius 2 is 2.10 bits per heavy atom. The fraction of sp³-hybridized carbons (Fsp3) is 0.400. The van der Waals surface area contributed by atoms with Gasteiger partial charge in [0, 0.05) is 29.2 Å². The van der Waals surface area contributed by atoms with Crippen LogP contribution in [0.25, 0.3) is 0 Å². The molecule has 0 saturated carbocycles. The van der Waals surface area contributed by atoms with E-state index in [-0.39, 0.29) is 6.04 Å². The molecule has 0 aliphatic rings. The third-order valence-corrected chi connectivity index (χ3v) is 4.24. The highest BCUT2D eigenvalue weighted by molar-refractivity contribution is 7.11. The van der Waals surface area contributed by atoms with Crippen molar-refractivity contribution in [1.82, 2.24) is 10.3 Å². The van der Waals surface area contributed by atoms with Gasteiger partial charge in [-0.2, -0.15) is 0 Å². The molecule has 1 heterocycles. The molecule has 0 spiro atoms. The van der Waals surface area contributed by atoms with Gasteiger partial charge in [0.25, 0.3) is 0 Å². The first kappa shape index (κ1) is 14.8. The van der Waals surface area contributed by atoms with E-state index in [1.807, 2.05) is 31.3 Å². The Morgan fingerprint density at radius 1 is 1.30 bits per heavy atom. The number of hydrogen-bond acceptors (Lipinski definition) is 5. The average Bonchev–Trinajstić information content (AvgIpc) is 2.90. The highest BCUT2D eigenvalue weighted by atomic mass is 32.1. The summed E-state index contributed by atoms with van der Waals surface area (Å²) in [4.78, 5) is 5.53. The van der Waals surface area contributed by atoms with Gasteiger partial charge in [-0.1, -0.05) is 12.1 Å². The third kappa shape index (κ3) is 3.29. The number of aryl methyl sites for hydroxylation is 1. The molecular weight excluding hydrogens is 272 g/mol. The van der Waals surface area contributed by atoms with E-state index in [2.05, 4.69) is 17.2 Å². The summed E-state index contributed by atoms with van der Waals surface area (Å²) in [6, 6.07) is 6.18. The van der Waals surface area contributed by atoms with Crippen LogP contribution in [0.5, 0.6) is 11.5 Å². The molecule has 1 aromatic carbocycles. The van der Waals surface area contributed by atoms with Gasteiger partial charge in [-0.15, -0.1) is 11.3 Å². The summed E-state index contributed by atoms with van der Waals surface area (Å²) < 4.78 is 10.7. The van der Waals surface area contributed by atoms with Gasteiger partial charge in [0.2, 0.25) is 0 Å². The number of para-hydroxylation sites is 1. The molecule has 0 amide bonds. The molecule has 2 aromatic rings. The first-order valence-corrected chi connectivity index (χ1v) is 7.33. The maximum atomic E-state index is 5.43. The quantitative estimate of drug-likeness (QED) is 0.887. The summed E-state index contributed by atoms with van der Waals surface area (Å²) in [5.41, 5.74) is 1.08. The molecule has 1 N–H and O–H groups in total. The third-order valence-electron chi connectivity index (χ3n) is 3.15. The number of nitrogens with zero attached hydrogens (tertiary/aromatic N) is 1. The maximum absolute atomic E-state index is 5.43. The molecule has 0 aliphatic carbocycles. The minimum Gasteiger partial charge on any atom is -0.493 e. The van der Waals surface area contributed by atoms with Crippen LogP contribution < -0.4 is 14.8 Å². The average molecular weight is 292 g/mol. The smallest absolute Gasteiger partial charge is 0.165 e. The Labute approximate surface area is 123 Å². The number of thiazole rings is 1. The predicted octanol–water partition coefficient (Wildman–Crippen LogP) is 3.32. The largest absolute Gasteiger partial charge is 0.493 e. The van der Waals surface area contributed by atoms with E-state index in [0.717, 1.165) is 28.6 Å². The predicted molar refractivity (Wildman–Crippen MR) is 81.7 cm³/mol. The van der Waals surface area contributed by atoms with Crippen LogP contribution in [0.3, 0.4) is 0 Å². The van der Waals surface area contributed by atoms with Crippen molar-refractivity contribution in [2.45, 2.75) is 26.4 Å². The van der Waals surface area contributed by atoms with Gasteiger partial charge in [0.15, 0.2) is 11.5 Å². The molecule has 2 rings (SSSR count). The maximum Gasteiger partial charge on any atom is 0.165 e. The molecular formula is C15H20N2O2S. The van der Waals surface area contributed by atoms with E-state index in [1.54, 1.807) is 25.6 Å². The van der Waals surface area contributed by atoms with Crippen molar-refractivity contribution in [2.75, 3.05) is 14.2 Å². The second-order valence-corrected chi connectivity index (χ2v) is 5.80. The van der Waals surface area contributed by atoms with Crippen LogP contribution in [0.1, 0.15) is 28.4 Å². The van der Waals surface area contributed by atoms with Crippen LogP contribution >= 0.6 is 11.3 Å². The van der Waals surface area contributed by atoms with E-state index in [4.69, 9.17) is 9.47 Å². The molecule has 0 bridgehead atoms. The fourth-order valence-corrected chi connectivity index (χ4v) is 2.85. The molecule has 0 radical (unpaired) electrons. The summed E-state index contributed by atoms with van der Waals surface area (Å²) in [5.74, 6) is 1.54. The van der Waals surface area contributed by atoms with Crippen LogP contribution in [0.2, 0.25) is 0 Å². The second kappa shape index (κ2) is 6.72. The molecule has 1 aromatic heterocycles. The lowest BCUT2D eigenvalue weighted by Gasteiger charge is -2.15. The normalized spacial score (nSPS) is 12.2. The van der Waals surface area contributed by atoms with Crippen molar-refractivity contribution < 1.29 is 9.47 Å². The Morgan fingerprint density at radius 3 is 2.70 bits per heavy atom. The molecule has 0 saturated heterocycles. The van der Waals surface area contributed by atoms with Crippen LogP contribution in [0, 0.1) is 6.92 Å². The second-order valence-electron chi connectivity index (χ2n) is 4.54. The number of benzene rings is 1. The number of hydrogen-bond donors (Lipinski definition) is 1. The number of aromatic nitrogens is 1. The lowest BCUT2D eigenvalue weighted by molar-refractivity contribution is 0.350. The van der Waals surface area contributed by atoms with Crippen molar-refractivity contribution in [3.05, 3.63) is 39.8 Å². The van der Waals surface area contributed by atoms with E-state index >= 15 is 0 Å². The van der Waals surface area contributed by atoms with Crippen molar-refractivity contribution >= 4 is 11.3 Å². The topological polar surface area (TPSA) is 43.4 Å². The summed E-state index contributed by atoms with van der Waals surface area (Å²) in [7, 11) is 3.31. The highest BCUT2D eigenvalue weighted by Crippen LogP contribution is 2.31.